The average molecular weight is 356 g/mol. The van der Waals surface area contributed by atoms with E-state index in [0.717, 1.165) is 21.5 Å². The van der Waals surface area contributed by atoms with E-state index < -0.39 is 0 Å². The number of ether oxygens (including phenoxy) is 2. The molecule has 25 heavy (non-hydrogen) atoms. The number of para-hydroxylation sites is 1. The predicted octanol–water partition coefficient (Wildman–Crippen LogP) is 4.13. The number of thiazole rings is 1. The standard InChI is InChI=1S/C19H20N2O3S/c1-2-23-18(22)11-12-20-13-14-7-9-15(10-8-14)24-19-21-16-5-3-4-6-17(16)25-19/h3-10,20H,2,11-13H2,1H3. The number of aromatic nitrogens is 1. The van der Waals surface area contributed by atoms with Crippen LogP contribution in [0.5, 0.6) is 10.9 Å². The maximum Gasteiger partial charge on any atom is 0.307 e. The van der Waals surface area contributed by atoms with E-state index >= 15 is 0 Å². The molecule has 1 heterocycles. The molecule has 0 aliphatic heterocycles. The van der Waals surface area contributed by atoms with Crippen molar-refractivity contribution in [3.63, 3.8) is 0 Å². The van der Waals surface area contributed by atoms with Crippen molar-refractivity contribution < 1.29 is 14.3 Å². The van der Waals surface area contributed by atoms with E-state index in [4.69, 9.17) is 9.47 Å². The number of rotatable bonds is 8. The van der Waals surface area contributed by atoms with Gasteiger partial charge in [0.05, 0.1) is 23.2 Å². The van der Waals surface area contributed by atoms with E-state index in [9.17, 15) is 4.79 Å². The average Bonchev–Trinajstić information content (AvgIpc) is 3.02. The summed E-state index contributed by atoms with van der Waals surface area (Å²) in [7, 11) is 0. The van der Waals surface area contributed by atoms with Crippen molar-refractivity contribution in [2.45, 2.75) is 19.9 Å². The molecule has 0 radical (unpaired) electrons. The van der Waals surface area contributed by atoms with Gasteiger partial charge in [0.25, 0.3) is 5.19 Å². The van der Waals surface area contributed by atoms with Gasteiger partial charge in [0.2, 0.25) is 0 Å². The normalized spacial score (nSPS) is 10.8. The number of fused-ring (bicyclic) bond motifs is 1. The minimum atomic E-state index is -0.172. The summed E-state index contributed by atoms with van der Waals surface area (Å²) in [5, 5.41) is 3.87. The van der Waals surface area contributed by atoms with Gasteiger partial charge in [-0.15, -0.1) is 0 Å². The summed E-state index contributed by atoms with van der Waals surface area (Å²) in [6.45, 7) is 3.53. The largest absolute Gasteiger partial charge is 0.466 e. The molecule has 0 atom stereocenters. The van der Waals surface area contributed by atoms with Gasteiger partial charge in [-0.05, 0) is 36.8 Å². The maximum absolute atomic E-state index is 11.3. The number of hydrogen-bond donors (Lipinski definition) is 1. The molecule has 1 N–H and O–H groups in total. The molecule has 0 bridgehead atoms. The fraction of sp³-hybridized carbons (Fsp3) is 0.263. The van der Waals surface area contributed by atoms with Crippen LogP contribution in [0.25, 0.3) is 10.2 Å². The highest BCUT2D eigenvalue weighted by atomic mass is 32.1. The minimum Gasteiger partial charge on any atom is -0.466 e. The molecule has 3 rings (SSSR count). The van der Waals surface area contributed by atoms with E-state index in [1.807, 2.05) is 55.5 Å². The Morgan fingerprint density at radius 1 is 1.16 bits per heavy atom. The Balaban J connectivity index is 1.49. The van der Waals surface area contributed by atoms with Crippen LogP contribution in [0.2, 0.25) is 0 Å². The third kappa shape index (κ3) is 5.01. The van der Waals surface area contributed by atoms with Crippen LogP contribution in [0.4, 0.5) is 0 Å². The fourth-order valence-corrected chi connectivity index (χ4v) is 3.16. The summed E-state index contributed by atoms with van der Waals surface area (Å²) in [6.07, 6.45) is 0.382. The molecular weight excluding hydrogens is 336 g/mol. The molecule has 5 nitrogen and oxygen atoms in total. The first-order valence-corrected chi connectivity index (χ1v) is 9.05. The highest BCUT2D eigenvalue weighted by Crippen LogP contribution is 2.31. The zero-order chi connectivity index (χ0) is 17.5. The molecule has 0 unspecified atom stereocenters. The van der Waals surface area contributed by atoms with E-state index in [0.29, 0.717) is 31.3 Å². The number of hydrogen-bond acceptors (Lipinski definition) is 6. The Bertz CT molecular complexity index is 797. The number of nitrogens with one attached hydrogen (secondary N) is 1. The van der Waals surface area contributed by atoms with Crippen molar-refractivity contribution in [3.8, 4) is 10.9 Å². The van der Waals surface area contributed by atoms with Crippen molar-refractivity contribution in [2.75, 3.05) is 13.2 Å². The monoisotopic (exact) mass is 356 g/mol. The summed E-state index contributed by atoms with van der Waals surface area (Å²) in [4.78, 5) is 15.7. The molecule has 3 aromatic rings. The van der Waals surface area contributed by atoms with E-state index in [-0.39, 0.29) is 5.97 Å². The van der Waals surface area contributed by atoms with Gasteiger partial charge < -0.3 is 14.8 Å². The summed E-state index contributed by atoms with van der Waals surface area (Å²) in [5.41, 5.74) is 2.07. The highest BCUT2D eigenvalue weighted by Gasteiger charge is 2.05. The zero-order valence-electron chi connectivity index (χ0n) is 14.0. The molecule has 6 heteroatoms. The van der Waals surface area contributed by atoms with E-state index in [2.05, 4.69) is 10.3 Å². The predicted molar refractivity (Wildman–Crippen MR) is 99.1 cm³/mol. The van der Waals surface area contributed by atoms with Crippen molar-refractivity contribution in [1.29, 1.82) is 0 Å². The second-order valence-corrected chi connectivity index (χ2v) is 6.42. The quantitative estimate of drug-likeness (QED) is 0.486. The van der Waals surface area contributed by atoms with Gasteiger partial charge in [0.15, 0.2) is 0 Å². The van der Waals surface area contributed by atoms with Gasteiger partial charge >= 0.3 is 5.97 Å². The molecule has 1 aromatic heterocycles. The maximum atomic E-state index is 11.3. The lowest BCUT2D eigenvalue weighted by Crippen LogP contribution is -2.18. The lowest BCUT2D eigenvalue weighted by molar-refractivity contribution is -0.142. The first kappa shape index (κ1) is 17.4. The summed E-state index contributed by atoms with van der Waals surface area (Å²) >= 11 is 1.53. The van der Waals surface area contributed by atoms with Crippen molar-refractivity contribution in [1.82, 2.24) is 10.3 Å². The Morgan fingerprint density at radius 3 is 2.72 bits per heavy atom. The molecule has 2 aromatic carbocycles. The molecule has 0 fully saturated rings. The second kappa shape index (κ2) is 8.60. The van der Waals surface area contributed by atoms with Crippen LogP contribution >= 0.6 is 11.3 Å². The lowest BCUT2D eigenvalue weighted by Gasteiger charge is -2.06. The zero-order valence-corrected chi connectivity index (χ0v) is 14.8. The number of nitrogens with zero attached hydrogens (tertiary/aromatic N) is 1. The van der Waals surface area contributed by atoms with Crippen molar-refractivity contribution >= 4 is 27.5 Å². The molecule has 0 amide bonds. The first-order valence-electron chi connectivity index (χ1n) is 8.23. The Labute approximate surface area is 150 Å². The van der Waals surface area contributed by atoms with Gasteiger partial charge in [-0.25, -0.2) is 4.98 Å². The lowest BCUT2D eigenvalue weighted by atomic mass is 10.2. The van der Waals surface area contributed by atoms with Gasteiger partial charge in [-0.3, -0.25) is 4.79 Å². The van der Waals surface area contributed by atoms with Crippen LogP contribution in [0.15, 0.2) is 48.5 Å². The smallest absolute Gasteiger partial charge is 0.307 e. The Hall–Kier alpha value is -2.44. The van der Waals surface area contributed by atoms with Crippen molar-refractivity contribution in [3.05, 3.63) is 54.1 Å². The van der Waals surface area contributed by atoms with Gasteiger partial charge in [0, 0.05) is 13.1 Å². The highest BCUT2D eigenvalue weighted by molar-refractivity contribution is 7.20. The fourth-order valence-electron chi connectivity index (χ4n) is 2.33. The van der Waals surface area contributed by atoms with E-state index in [1.165, 1.54) is 11.3 Å². The third-order valence-corrected chi connectivity index (χ3v) is 4.46. The molecule has 0 aliphatic carbocycles. The molecule has 0 saturated heterocycles. The number of esters is 1. The summed E-state index contributed by atoms with van der Waals surface area (Å²) in [6, 6.07) is 15.8. The van der Waals surface area contributed by atoms with Gasteiger partial charge in [-0.1, -0.05) is 35.6 Å². The SMILES string of the molecule is CCOC(=O)CCNCc1ccc(Oc2nc3ccccc3s2)cc1. The second-order valence-electron chi connectivity index (χ2n) is 5.43. The van der Waals surface area contributed by atoms with Crippen LogP contribution in [0.3, 0.4) is 0 Å². The van der Waals surface area contributed by atoms with E-state index in [1.54, 1.807) is 0 Å². The molecular formula is C19H20N2O3S. The number of carbonyl (C=O) groups excluding carboxylic acids is 1. The first-order chi connectivity index (χ1) is 12.2. The van der Waals surface area contributed by atoms with Gasteiger partial charge in [0.1, 0.15) is 5.75 Å². The minimum absolute atomic E-state index is 0.172. The Morgan fingerprint density at radius 2 is 1.96 bits per heavy atom. The van der Waals surface area contributed by atoms with Crippen LogP contribution in [-0.2, 0) is 16.1 Å². The molecule has 130 valence electrons. The molecule has 0 saturated carbocycles. The van der Waals surface area contributed by atoms with Crippen LogP contribution in [-0.4, -0.2) is 24.1 Å². The third-order valence-electron chi connectivity index (χ3n) is 3.54. The summed E-state index contributed by atoms with van der Waals surface area (Å²) in [5.74, 6) is 0.587. The molecule has 0 spiro atoms. The van der Waals surface area contributed by atoms with Crippen molar-refractivity contribution in [2.24, 2.45) is 0 Å². The van der Waals surface area contributed by atoms with Crippen LogP contribution < -0.4 is 10.1 Å². The van der Waals surface area contributed by atoms with Crippen LogP contribution in [0, 0.1) is 0 Å². The van der Waals surface area contributed by atoms with Gasteiger partial charge in [-0.2, -0.15) is 0 Å². The topological polar surface area (TPSA) is 60.5 Å². The number of benzene rings is 2. The summed E-state index contributed by atoms with van der Waals surface area (Å²) < 4.78 is 11.8. The molecule has 0 aliphatic rings. The number of carbonyl (C=O) groups is 1. The van der Waals surface area contributed by atoms with Crippen LogP contribution in [0.1, 0.15) is 18.9 Å². The Kier molecular flexibility index (Phi) is 5.98.